The molecule has 1 unspecified atom stereocenters. The second-order valence-electron chi connectivity index (χ2n) is 3.19. The first-order valence-electron chi connectivity index (χ1n) is 4.94. The van der Waals surface area contributed by atoms with Gasteiger partial charge in [-0.05, 0) is 20.5 Å². The highest BCUT2D eigenvalue weighted by molar-refractivity contribution is 5.86. The zero-order valence-electron chi connectivity index (χ0n) is 9.41. The minimum atomic E-state index is -1.02. The van der Waals surface area contributed by atoms with E-state index in [4.69, 9.17) is 5.11 Å². The van der Waals surface area contributed by atoms with Crippen molar-refractivity contribution in [3.63, 3.8) is 0 Å². The molecule has 0 aromatic heterocycles. The van der Waals surface area contributed by atoms with Gasteiger partial charge in [-0.1, -0.05) is 6.92 Å². The van der Waals surface area contributed by atoms with Crippen LogP contribution in [0.15, 0.2) is 0 Å². The number of carbonyl (C=O) groups excluding carboxylic acids is 1. The van der Waals surface area contributed by atoms with Crippen molar-refractivity contribution in [3.8, 4) is 0 Å². The fourth-order valence-corrected chi connectivity index (χ4v) is 1.35. The number of rotatable bonds is 1. The van der Waals surface area contributed by atoms with Crippen LogP contribution in [0.1, 0.15) is 13.3 Å². The Kier molecular flexibility index (Phi) is 6.44. The Morgan fingerprint density at radius 1 is 1.67 bits per heavy atom. The zero-order valence-corrected chi connectivity index (χ0v) is 9.41. The summed E-state index contributed by atoms with van der Waals surface area (Å²) in [5, 5.41) is 14.1. The lowest BCUT2D eigenvalue weighted by Crippen LogP contribution is -2.56. The van der Waals surface area contributed by atoms with Gasteiger partial charge in [-0.2, -0.15) is 0 Å². The van der Waals surface area contributed by atoms with Crippen molar-refractivity contribution in [3.05, 3.63) is 0 Å². The molecule has 6 heteroatoms. The fraction of sp³-hybridized carbons (Fsp3) is 0.778. The number of carbonyl (C=O) groups is 2. The van der Waals surface area contributed by atoms with Gasteiger partial charge in [-0.15, -0.1) is 0 Å². The molecule has 1 aliphatic heterocycles. The molecule has 1 saturated heterocycles. The molecule has 0 radical (unpaired) electrons. The van der Waals surface area contributed by atoms with Crippen LogP contribution in [-0.2, 0) is 4.79 Å². The maximum Gasteiger partial charge on any atom is 0.408 e. The smallest absolute Gasteiger partial charge is 0.408 e. The summed E-state index contributed by atoms with van der Waals surface area (Å²) in [4.78, 5) is 22.9. The summed E-state index contributed by atoms with van der Waals surface area (Å²) in [5.74, 6) is -0.189. The standard InChI is InChI=1S/C7H12N2O3.C2H7N/c1-2-5-6(10)8-3-4-9(5)7(11)12;1-3-2/h5H,2-4H2,1H3,(H,8,10)(H,11,12);3H,1-2H3. The number of nitrogens with one attached hydrogen (secondary N) is 2. The Hall–Kier alpha value is -1.30. The molecule has 2 amide bonds. The molecule has 88 valence electrons. The summed E-state index contributed by atoms with van der Waals surface area (Å²) in [6.45, 7) is 2.60. The van der Waals surface area contributed by atoms with Crippen molar-refractivity contribution in [1.82, 2.24) is 15.5 Å². The highest BCUT2D eigenvalue weighted by Crippen LogP contribution is 2.07. The third-order valence-corrected chi connectivity index (χ3v) is 1.96. The highest BCUT2D eigenvalue weighted by atomic mass is 16.4. The van der Waals surface area contributed by atoms with E-state index in [1.807, 2.05) is 14.1 Å². The van der Waals surface area contributed by atoms with Crippen molar-refractivity contribution < 1.29 is 14.7 Å². The van der Waals surface area contributed by atoms with Gasteiger partial charge in [0.1, 0.15) is 6.04 Å². The number of amides is 2. The number of nitrogens with zero attached hydrogens (tertiary/aromatic N) is 1. The molecule has 0 spiro atoms. The average Bonchev–Trinajstić information content (AvgIpc) is 2.18. The van der Waals surface area contributed by atoms with Gasteiger partial charge in [0.25, 0.3) is 0 Å². The van der Waals surface area contributed by atoms with E-state index >= 15 is 0 Å². The van der Waals surface area contributed by atoms with Crippen LogP contribution < -0.4 is 10.6 Å². The molecule has 0 bridgehead atoms. The number of hydrogen-bond acceptors (Lipinski definition) is 3. The molecule has 3 N–H and O–H groups in total. The van der Waals surface area contributed by atoms with Gasteiger partial charge in [-0.3, -0.25) is 9.69 Å². The van der Waals surface area contributed by atoms with Crippen LogP contribution in [0.2, 0.25) is 0 Å². The van der Waals surface area contributed by atoms with Crippen LogP contribution in [-0.4, -0.2) is 55.2 Å². The van der Waals surface area contributed by atoms with Crippen LogP contribution >= 0.6 is 0 Å². The molecule has 1 aliphatic rings. The van der Waals surface area contributed by atoms with Crippen LogP contribution in [0.5, 0.6) is 0 Å². The van der Waals surface area contributed by atoms with Gasteiger partial charge in [0, 0.05) is 13.1 Å². The SMILES string of the molecule is CCC1C(=O)NCCN1C(=O)O.CNC. The molecule has 0 aromatic rings. The lowest BCUT2D eigenvalue weighted by atomic mass is 10.1. The van der Waals surface area contributed by atoms with Crippen molar-refractivity contribution in [2.24, 2.45) is 0 Å². The van der Waals surface area contributed by atoms with Crippen molar-refractivity contribution in [1.29, 1.82) is 0 Å². The van der Waals surface area contributed by atoms with E-state index in [1.165, 1.54) is 4.90 Å². The molecule has 1 heterocycles. The Morgan fingerprint density at radius 2 is 2.20 bits per heavy atom. The fourth-order valence-electron chi connectivity index (χ4n) is 1.35. The molecular weight excluding hydrogens is 198 g/mol. The number of hydrogen-bond donors (Lipinski definition) is 3. The molecule has 1 rings (SSSR count). The van der Waals surface area contributed by atoms with Crippen molar-refractivity contribution >= 4 is 12.0 Å². The topological polar surface area (TPSA) is 81.7 Å². The average molecular weight is 217 g/mol. The van der Waals surface area contributed by atoms with E-state index in [0.29, 0.717) is 19.5 Å². The molecule has 0 aromatic carbocycles. The van der Waals surface area contributed by atoms with Gasteiger partial charge in [-0.25, -0.2) is 4.79 Å². The molecule has 15 heavy (non-hydrogen) atoms. The Balaban J connectivity index is 0.000000583. The maximum absolute atomic E-state index is 11.1. The lowest BCUT2D eigenvalue weighted by molar-refractivity contribution is -0.128. The second kappa shape index (κ2) is 7.05. The first-order valence-corrected chi connectivity index (χ1v) is 4.94. The summed E-state index contributed by atoms with van der Waals surface area (Å²) < 4.78 is 0. The summed E-state index contributed by atoms with van der Waals surface area (Å²) in [5.41, 5.74) is 0. The van der Waals surface area contributed by atoms with E-state index in [9.17, 15) is 9.59 Å². The first-order chi connectivity index (χ1) is 7.08. The highest BCUT2D eigenvalue weighted by Gasteiger charge is 2.30. The van der Waals surface area contributed by atoms with Crippen LogP contribution in [0.3, 0.4) is 0 Å². The van der Waals surface area contributed by atoms with E-state index in [-0.39, 0.29) is 5.91 Å². The molecular formula is C9H19N3O3. The van der Waals surface area contributed by atoms with Gasteiger partial charge >= 0.3 is 6.09 Å². The second-order valence-corrected chi connectivity index (χ2v) is 3.19. The van der Waals surface area contributed by atoms with Gasteiger partial charge in [0.15, 0.2) is 0 Å². The summed E-state index contributed by atoms with van der Waals surface area (Å²) in [7, 11) is 3.75. The molecule has 0 saturated carbocycles. The number of piperazine rings is 1. The normalized spacial score (nSPS) is 20.1. The van der Waals surface area contributed by atoms with E-state index in [0.717, 1.165) is 0 Å². The van der Waals surface area contributed by atoms with E-state index in [1.54, 1.807) is 6.92 Å². The minimum Gasteiger partial charge on any atom is -0.465 e. The zero-order chi connectivity index (χ0) is 11.8. The molecule has 1 atom stereocenters. The van der Waals surface area contributed by atoms with E-state index < -0.39 is 12.1 Å². The molecule has 1 fully saturated rings. The Bertz CT molecular complexity index is 221. The summed E-state index contributed by atoms with van der Waals surface area (Å²) >= 11 is 0. The predicted molar refractivity (Wildman–Crippen MR) is 56.8 cm³/mol. The quantitative estimate of drug-likeness (QED) is 0.564. The first kappa shape index (κ1) is 13.7. The Morgan fingerprint density at radius 3 is 2.53 bits per heavy atom. The minimum absolute atomic E-state index is 0.189. The monoisotopic (exact) mass is 217 g/mol. The van der Waals surface area contributed by atoms with Gasteiger partial charge in [0.05, 0.1) is 0 Å². The maximum atomic E-state index is 11.1. The lowest BCUT2D eigenvalue weighted by Gasteiger charge is -2.31. The third-order valence-electron chi connectivity index (χ3n) is 1.96. The molecule has 0 aliphatic carbocycles. The molecule has 6 nitrogen and oxygen atoms in total. The van der Waals surface area contributed by atoms with E-state index in [2.05, 4.69) is 10.6 Å². The summed E-state index contributed by atoms with van der Waals surface area (Å²) in [6.07, 6.45) is -0.491. The van der Waals surface area contributed by atoms with Crippen LogP contribution in [0, 0.1) is 0 Å². The number of carboxylic acid groups (broad SMARTS) is 1. The predicted octanol–water partition coefficient (Wildman–Crippen LogP) is -0.290. The van der Waals surface area contributed by atoms with Gasteiger partial charge in [0.2, 0.25) is 5.91 Å². The Labute approximate surface area is 89.6 Å². The van der Waals surface area contributed by atoms with Crippen LogP contribution in [0.4, 0.5) is 4.79 Å². The van der Waals surface area contributed by atoms with Crippen LogP contribution in [0.25, 0.3) is 0 Å². The third kappa shape index (κ3) is 4.16. The van der Waals surface area contributed by atoms with Crippen molar-refractivity contribution in [2.45, 2.75) is 19.4 Å². The van der Waals surface area contributed by atoms with Crippen molar-refractivity contribution in [2.75, 3.05) is 27.2 Å². The largest absolute Gasteiger partial charge is 0.465 e. The summed E-state index contributed by atoms with van der Waals surface area (Å²) in [6, 6.07) is -0.503. The van der Waals surface area contributed by atoms with Gasteiger partial charge < -0.3 is 15.7 Å².